The van der Waals surface area contributed by atoms with E-state index in [1.807, 2.05) is 48.5 Å². The van der Waals surface area contributed by atoms with Gasteiger partial charge in [-0.25, -0.2) is 0 Å². The van der Waals surface area contributed by atoms with Crippen LogP contribution in [0.25, 0.3) is 0 Å². The molecule has 8 heteroatoms. The minimum atomic E-state index is -0.559. The SMILES string of the molecule is COc1ccccc1CNC(=O)CC(c1cc(OC)c(OC)c(OC)c1)N1Cc2ccccc2C1=O. The van der Waals surface area contributed by atoms with Crippen LogP contribution in [0.15, 0.2) is 60.7 Å². The van der Waals surface area contributed by atoms with E-state index >= 15 is 0 Å². The molecule has 0 bridgehead atoms. The molecule has 4 rings (SSSR count). The summed E-state index contributed by atoms with van der Waals surface area (Å²) in [6.45, 7) is 0.703. The van der Waals surface area contributed by atoms with Crippen LogP contribution >= 0.6 is 0 Å². The Kier molecular flexibility index (Phi) is 7.63. The first-order valence-electron chi connectivity index (χ1n) is 11.6. The molecule has 3 aromatic rings. The van der Waals surface area contributed by atoms with Crippen LogP contribution in [-0.4, -0.2) is 45.2 Å². The van der Waals surface area contributed by atoms with Crippen LogP contribution in [0, 0.1) is 0 Å². The molecule has 0 spiro atoms. The Hall–Kier alpha value is -4.20. The Morgan fingerprint density at radius 2 is 1.53 bits per heavy atom. The summed E-state index contributed by atoms with van der Waals surface area (Å²) in [6.07, 6.45) is 0.0491. The average molecular weight is 491 g/mol. The highest BCUT2D eigenvalue weighted by Gasteiger charge is 2.35. The predicted molar refractivity (Wildman–Crippen MR) is 135 cm³/mol. The number of nitrogens with one attached hydrogen (secondary N) is 1. The largest absolute Gasteiger partial charge is 0.496 e. The fraction of sp³-hybridized carbons (Fsp3) is 0.286. The van der Waals surface area contributed by atoms with Crippen molar-refractivity contribution in [3.05, 3.63) is 82.9 Å². The summed E-state index contributed by atoms with van der Waals surface area (Å²) in [5.41, 5.74) is 3.14. The van der Waals surface area contributed by atoms with Crippen molar-refractivity contribution in [2.24, 2.45) is 0 Å². The third-order valence-corrected chi connectivity index (χ3v) is 6.34. The molecule has 0 aromatic heterocycles. The van der Waals surface area contributed by atoms with E-state index in [1.165, 1.54) is 21.3 Å². The monoisotopic (exact) mass is 490 g/mol. The van der Waals surface area contributed by atoms with Crippen molar-refractivity contribution in [1.82, 2.24) is 10.2 Å². The molecule has 188 valence electrons. The predicted octanol–water partition coefficient (Wildman–Crippen LogP) is 4.12. The van der Waals surface area contributed by atoms with Crippen LogP contribution in [0.1, 0.15) is 39.5 Å². The molecule has 1 atom stereocenters. The maximum atomic E-state index is 13.4. The Bertz CT molecular complexity index is 1230. The van der Waals surface area contributed by atoms with E-state index in [4.69, 9.17) is 18.9 Å². The maximum absolute atomic E-state index is 13.4. The van der Waals surface area contributed by atoms with Gasteiger partial charge in [0.25, 0.3) is 5.91 Å². The van der Waals surface area contributed by atoms with Crippen LogP contribution in [0.5, 0.6) is 23.0 Å². The molecule has 36 heavy (non-hydrogen) atoms. The lowest BCUT2D eigenvalue weighted by Crippen LogP contribution is -2.34. The Balaban J connectivity index is 1.65. The summed E-state index contributed by atoms with van der Waals surface area (Å²) < 4.78 is 21.9. The van der Waals surface area contributed by atoms with Gasteiger partial charge in [-0.3, -0.25) is 9.59 Å². The van der Waals surface area contributed by atoms with Crippen molar-refractivity contribution in [1.29, 1.82) is 0 Å². The van der Waals surface area contributed by atoms with Crippen molar-refractivity contribution in [2.45, 2.75) is 25.6 Å². The number of carbonyl (C=O) groups excluding carboxylic acids is 2. The van der Waals surface area contributed by atoms with Gasteiger partial charge in [-0.1, -0.05) is 36.4 Å². The van der Waals surface area contributed by atoms with Crippen molar-refractivity contribution in [2.75, 3.05) is 28.4 Å². The van der Waals surface area contributed by atoms with Gasteiger partial charge in [0.15, 0.2) is 11.5 Å². The van der Waals surface area contributed by atoms with Crippen LogP contribution in [0.4, 0.5) is 0 Å². The molecule has 1 aliphatic rings. The molecule has 1 unspecified atom stereocenters. The van der Waals surface area contributed by atoms with Crippen LogP contribution < -0.4 is 24.3 Å². The van der Waals surface area contributed by atoms with Crippen molar-refractivity contribution >= 4 is 11.8 Å². The molecule has 1 heterocycles. The first-order valence-corrected chi connectivity index (χ1v) is 11.6. The van der Waals surface area contributed by atoms with E-state index < -0.39 is 6.04 Å². The molecule has 1 aliphatic heterocycles. The number of amides is 2. The van der Waals surface area contributed by atoms with E-state index in [1.54, 1.807) is 24.1 Å². The third-order valence-electron chi connectivity index (χ3n) is 6.34. The fourth-order valence-electron chi connectivity index (χ4n) is 4.52. The molecule has 8 nitrogen and oxygen atoms in total. The normalized spacial score (nSPS) is 13.1. The van der Waals surface area contributed by atoms with Gasteiger partial charge in [-0.2, -0.15) is 0 Å². The standard InChI is InChI=1S/C28H30N2O6/c1-33-23-12-8-6-9-18(23)16-29-26(31)15-22(30-17-19-10-5-7-11-21(19)28(30)32)20-13-24(34-2)27(36-4)25(14-20)35-3/h5-14,22H,15-17H2,1-4H3,(H,29,31). The summed E-state index contributed by atoms with van der Waals surface area (Å²) in [6, 6.07) is 18.0. The number of nitrogens with zero attached hydrogens (tertiary/aromatic N) is 1. The Labute approximate surface area is 210 Å². The van der Waals surface area contributed by atoms with Crippen molar-refractivity contribution in [3.63, 3.8) is 0 Å². The molecule has 3 aromatic carbocycles. The summed E-state index contributed by atoms with van der Waals surface area (Å²) in [7, 11) is 6.20. The number of para-hydroxylation sites is 1. The van der Waals surface area contributed by atoms with Crippen molar-refractivity contribution in [3.8, 4) is 23.0 Å². The van der Waals surface area contributed by atoms with E-state index in [0.717, 1.165) is 11.1 Å². The first-order chi connectivity index (χ1) is 17.5. The molecule has 0 fully saturated rings. The lowest BCUT2D eigenvalue weighted by Gasteiger charge is -2.29. The molecule has 0 saturated carbocycles. The Morgan fingerprint density at radius 3 is 2.17 bits per heavy atom. The fourth-order valence-corrected chi connectivity index (χ4v) is 4.52. The zero-order valence-corrected chi connectivity index (χ0v) is 20.9. The van der Waals surface area contributed by atoms with Gasteiger partial charge in [0.05, 0.1) is 40.9 Å². The zero-order valence-electron chi connectivity index (χ0n) is 20.9. The third kappa shape index (κ3) is 4.93. The second-order valence-electron chi connectivity index (χ2n) is 8.36. The molecular weight excluding hydrogens is 460 g/mol. The first kappa shape index (κ1) is 24.9. The number of carbonyl (C=O) groups is 2. The zero-order chi connectivity index (χ0) is 25.7. The second-order valence-corrected chi connectivity index (χ2v) is 8.36. The maximum Gasteiger partial charge on any atom is 0.255 e. The second kappa shape index (κ2) is 11.0. The number of hydrogen-bond acceptors (Lipinski definition) is 6. The highest BCUT2D eigenvalue weighted by molar-refractivity contribution is 5.99. The van der Waals surface area contributed by atoms with Gasteiger partial charge < -0.3 is 29.2 Å². The Morgan fingerprint density at radius 1 is 0.889 bits per heavy atom. The summed E-state index contributed by atoms with van der Waals surface area (Å²) in [4.78, 5) is 28.3. The lowest BCUT2D eigenvalue weighted by atomic mass is 10.00. The number of fused-ring (bicyclic) bond motifs is 1. The van der Waals surface area contributed by atoms with Crippen molar-refractivity contribution < 1.29 is 28.5 Å². The van der Waals surface area contributed by atoms with Gasteiger partial charge in [0.1, 0.15) is 5.75 Å². The molecule has 0 radical (unpaired) electrons. The number of methoxy groups -OCH3 is 4. The highest BCUT2D eigenvalue weighted by Crippen LogP contribution is 2.42. The molecular formula is C28H30N2O6. The van der Waals surface area contributed by atoms with E-state index in [2.05, 4.69) is 5.32 Å². The number of ether oxygens (including phenoxy) is 4. The van der Waals surface area contributed by atoms with Gasteiger partial charge in [-0.15, -0.1) is 0 Å². The number of rotatable bonds is 10. The summed E-state index contributed by atoms with van der Waals surface area (Å²) in [5, 5.41) is 2.97. The van der Waals surface area contributed by atoms with Gasteiger partial charge in [-0.05, 0) is 35.4 Å². The molecule has 0 saturated heterocycles. The number of hydrogen-bond donors (Lipinski definition) is 1. The van der Waals surface area contributed by atoms with Gasteiger partial charge in [0, 0.05) is 24.2 Å². The minimum absolute atomic E-state index is 0.0491. The molecule has 1 N–H and O–H groups in total. The lowest BCUT2D eigenvalue weighted by molar-refractivity contribution is -0.122. The molecule has 2 amide bonds. The van der Waals surface area contributed by atoms with Crippen LogP contribution in [0.2, 0.25) is 0 Å². The topological polar surface area (TPSA) is 86.3 Å². The quantitative estimate of drug-likeness (QED) is 0.460. The van der Waals surface area contributed by atoms with E-state index in [9.17, 15) is 9.59 Å². The number of benzene rings is 3. The highest BCUT2D eigenvalue weighted by atomic mass is 16.5. The van der Waals surface area contributed by atoms with Gasteiger partial charge >= 0.3 is 0 Å². The van der Waals surface area contributed by atoms with Crippen LogP contribution in [0.3, 0.4) is 0 Å². The average Bonchev–Trinajstić information content (AvgIpc) is 3.25. The van der Waals surface area contributed by atoms with Gasteiger partial charge in [0.2, 0.25) is 11.7 Å². The van der Waals surface area contributed by atoms with Crippen LogP contribution in [-0.2, 0) is 17.9 Å². The van der Waals surface area contributed by atoms with E-state index in [0.29, 0.717) is 47.2 Å². The smallest absolute Gasteiger partial charge is 0.255 e. The summed E-state index contributed by atoms with van der Waals surface area (Å²) >= 11 is 0. The summed E-state index contributed by atoms with van der Waals surface area (Å²) in [5.74, 6) is 1.72. The molecule has 0 aliphatic carbocycles. The van der Waals surface area contributed by atoms with E-state index in [-0.39, 0.29) is 18.2 Å². The minimum Gasteiger partial charge on any atom is -0.496 e.